The number of benzene rings is 1. The summed E-state index contributed by atoms with van der Waals surface area (Å²) >= 11 is 8.20. The molecule has 1 fully saturated rings. The molecule has 1 aliphatic heterocycles. The van der Waals surface area contributed by atoms with Gasteiger partial charge in [-0.2, -0.15) is 0 Å². The van der Waals surface area contributed by atoms with Crippen molar-refractivity contribution in [2.45, 2.75) is 12.8 Å². The molecule has 8 heteroatoms. The van der Waals surface area contributed by atoms with Gasteiger partial charge in [0.1, 0.15) is 10.1 Å². The van der Waals surface area contributed by atoms with Gasteiger partial charge in [0.2, 0.25) is 5.91 Å². The van der Waals surface area contributed by atoms with E-state index in [4.69, 9.17) is 17.0 Å². The molecule has 1 saturated heterocycles. The third kappa shape index (κ3) is 4.97. The van der Waals surface area contributed by atoms with Crippen LogP contribution in [0.1, 0.15) is 17.7 Å². The lowest BCUT2D eigenvalue weighted by atomic mass is 10.2. The van der Waals surface area contributed by atoms with Gasteiger partial charge < -0.3 is 10.1 Å². The van der Waals surface area contributed by atoms with Gasteiger partial charge in [-0.05, 0) is 36.1 Å². The van der Waals surface area contributed by atoms with Crippen molar-refractivity contribution in [1.82, 2.24) is 4.90 Å². The molecule has 0 atom stereocenters. The quantitative estimate of drug-likeness (QED) is 0.534. The van der Waals surface area contributed by atoms with Gasteiger partial charge >= 0.3 is 0 Å². The minimum absolute atomic E-state index is 0.0939. The summed E-state index contributed by atoms with van der Waals surface area (Å²) in [7, 11) is 1.56. The molecule has 0 aliphatic carbocycles. The summed E-state index contributed by atoms with van der Waals surface area (Å²) in [5.74, 6) is 0.393. The van der Waals surface area contributed by atoms with E-state index in [-0.39, 0.29) is 11.8 Å². The van der Waals surface area contributed by atoms with Crippen molar-refractivity contribution in [3.05, 3.63) is 51.6 Å². The van der Waals surface area contributed by atoms with Crippen LogP contribution in [0.3, 0.4) is 0 Å². The number of hydrogen-bond donors (Lipinski definition) is 1. The fraction of sp³-hybridized carbons (Fsp3) is 0.211. The Labute approximate surface area is 171 Å². The Morgan fingerprint density at radius 2 is 2.11 bits per heavy atom. The predicted octanol–water partition coefficient (Wildman–Crippen LogP) is 4.38. The Hall–Kier alpha value is -2.16. The summed E-state index contributed by atoms with van der Waals surface area (Å²) < 4.78 is 5.76. The molecule has 2 aromatic rings. The zero-order chi connectivity index (χ0) is 19.2. The lowest BCUT2D eigenvalue weighted by Crippen LogP contribution is -2.29. The second-order valence-corrected chi connectivity index (χ2v) is 8.36. The van der Waals surface area contributed by atoms with E-state index in [2.05, 4.69) is 5.32 Å². The van der Waals surface area contributed by atoms with Gasteiger partial charge in [0.15, 0.2) is 0 Å². The lowest BCUT2D eigenvalue weighted by Gasteiger charge is -2.14. The molecule has 3 rings (SSSR count). The molecule has 2 amide bonds. The molecule has 1 aliphatic rings. The number of anilines is 1. The average Bonchev–Trinajstić information content (AvgIpc) is 3.26. The van der Waals surface area contributed by atoms with E-state index in [1.165, 1.54) is 11.8 Å². The third-order valence-corrected chi connectivity index (χ3v) is 6.05. The van der Waals surface area contributed by atoms with Gasteiger partial charge in [-0.15, -0.1) is 11.3 Å². The number of thiophene rings is 1. The highest BCUT2D eigenvalue weighted by Crippen LogP contribution is 2.33. The molecule has 0 unspecified atom stereocenters. The van der Waals surface area contributed by atoms with Crippen molar-refractivity contribution in [2.75, 3.05) is 19.0 Å². The second kappa shape index (κ2) is 9.16. The standard InChI is InChI=1S/C19H18N2O3S3/c1-24-15-8-3-2-7-14(15)20-17(22)9-4-10-21-18(23)16(27-19(21)25)12-13-6-5-11-26-13/h2-3,5-8,11-12H,4,9-10H2,1H3,(H,20,22)/b16-12+. The van der Waals surface area contributed by atoms with Gasteiger partial charge in [0.25, 0.3) is 5.91 Å². The fourth-order valence-electron chi connectivity index (χ4n) is 2.55. The highest BCUT2D eigenvalue weighted by Gasteiger charge is 2.31. The van der Waals surface area contributed by atoms with E-state index in [1.807, 2.05) is 35.7 Å². The maximum atomic E-state index is 12.5. The first-order valence-corrected chi connectivity index (χ1v) is 10.4. The fourth-order valence-corrected chi connectivity index (χ4v) is 4.59. The first kappa shape index (κ1) is 19.6. The number of rotatable bonds is 7. The van der Waals surface area contributed by atoms with Crippen LogP contribution in [-0.2, 0) is 9.59 Å². The maximum absolute atomic E-state index is 12.5. The molecule has 0 saturated carbocycles. The van der Waals surface area contributed by atoms with Gasteiger partial charge in [-0.3, -0.25) is 14.5 Å². The van der Waals surface area contributed by atoms with Crippen molar-refractivity contribution >= 4 is 63.2 Å². The predicted molar refractivity (Wildman–Crippen MR) is 115 cm³/mol. The van der Waals surface area contributed by atoms with E-state index < -0.39 is 0 Å². The van der Waals surface area contributed by atoms with Crippen LogP contribution in [0.4, 0.5) is 5.69 Å². The molecule has 27 heavy (non-hydrogen) atoms. The van der Waals surface area contributed by atoms with Crippen LogP contribution >= 0.6 is 35.3 Å². The van der Waals surface area contributed by atoms with Crippen LogP contribution in [0.5, 0.6) is 5.75 Å². The van der Waals surface area contributed by atoms with E-state index in [0.717, 1.165) is 4.88 Å². The number of ether oxygens (including phenoxy) is 1. The minimum atomic E-state index is -0.126. The molecular formula is C19H18N2O3S3. The Balaban J connectivity index is 1.52. The van der Waals surface area contributed by atoms with E-state index in [0.29, 0.717) is 40.0 Å². The average molecular weight is 419 g/mol. The number of methoxy groups -OCH3 is 1. The number of amides is 2. The Bertz CT molecular complexity index is 878. The zero-order valence-corrected chi connectivity index (χ0v) is 17.1. The molecule has 140 valence electrons. The van der Waals surface area contributed by atoms with Crippen LogP contribution in [0.15, 0.2) is 46.7 Å². The number of nitrogens with zero attached hydrogens (tertiary/aromatic N) is 1. The Kier molecular flexibility index (Phi) is 6.65. The summed E-state index contributed by atoms with van der Waals surface area (Å²) in [5.41, 5.74) is 0.634. The normalized spacial score (nSPS) is 15.4. The largest absolute Gasteiger partial charge is 0.495 e. The SMILES string of the molecule is COc1ccccc1NC(=O)CCCN1C(=O)/C(=C\c2cccs2)SC1=S. The van der Waals surface area contributed by atoms with Crippen LogP contribution < -0.4 is 10.1 Å². The molecule has 1 N–H and O–H groups in total. The van der Waals surface area contributed by atoms with E-state index >= 15 is 0 Å². The molecule has 0 bridgehead atoms. The number of nitrogens with one attached hydrogen (secondary N) is 1. The monoisotopic (exact) mass is 418 g/mol. The second-order valence-electron chi connectivity index (χ2n) is 5.70. The Morgan fingerprint density at radius 1 is 1.30 bits per heavy atom. The van der Waals surface area contributed by atoms with Crippen molar-refractivity contribution in [3.8, 4) is 5.75 Å². The first-order chi connectivity index (χ1) is 13.1. The van der Waals surface area contributed by atoms with Gasteiger partial charge in [0.05, 0.1) is 17.7 Å². The van der Waals surface area contributed by atoms with Gasteiger partial charge in [-0.1, -0.05) is 42.2 Å². The molecule has 1 aromatic heterocycles. The summed E-state index contributed by atoms with van der Waals surface area (Å²) in [6, 6.07) is 11.1. The topological polar surface area (TPSA) is 58.6 Å². The Morgan fingerprint density at radius 3 is 2.85 bits per heavy atom. The highest BCUT2D eigenvalue weighted by atomic mass is 32.2. The smallest absolute Gasteiger partial charge is 0.266 e. The summed E-state index contributed by atoms with van der Waals surface area (Å²) in [4.78, 5) is 27.9. The molecule has 0 spiro atoms. The van der Waals surface area contributed by atoms with Crippen LogP contribution in [0.2, 0.25) is 0 Å². The van der Waals surface area contributed by atoms with Crippen LogP contribution in [0.25, 0.3) is 6.08 Å². The van der Waals surface area contributed by atoms with Gasteiger partial charge in [0, 0.05) is 17.8 Å². The number of thiocarbonyl (C=S) groups is 1. The van der Waals surface area contributed by atoms with Crippen molar-refractivity contribution < 1.29 is 14.3 Å². The number of carbonyl (C=O) groups excluding carboxylic acids is 2. The number of thioether (sulfide) groups is 1. The molecule has 5 nitrogen and oxygen atoms in total. The van der Waals surface area contributed by atoms with Crippen LogP contribution in [-0.4, -0.2) is 34.7 Å². The molecular weight excluding hydrogens is 400 g/mol. The van der Waals surface area contributed by atoms with Crippen molar-refractivity contribution in [1.29, 1.82) is 0 Å². The van der Waals surface area contributed by atoms with Crippen molar-refractivity contribution in [3.63, 3.8) is 0 Å². The van der Waals surface area contributed by atoms with E-state index in [1.54, 1.807) is 35.5 Å². The van der Waals surface area contributed by atoms with E-state index in [9.17, 15) is 9.59 Å². The number of hydrogen-bond acceptors (Lipinski definition) is 6. The third-order valence-electron chi connectivity index (χ3n) is 3.86. The molecule has 2 heterocycles. The molecule has 1 aromatic carbocycles. The highest BCUT2D eigenvalue weighted by molar-refractivity contribution is 8.26. The number of para-hydroxylation sites is 2. The lowest BCUT2D eigenvalue weighted by molar-refractivity contribution is -0.122. The van der Waals surface area contributed by atoms with Crippen LogP contribution in [0, 0.1) is 0 Å². The molecule has 0 radical (unpaired) electrons. The zero-order valence-electron chi connectivity index (χ0n) is 14.6. The van der Waals surface area contributed by atoms with Gasteiger partial charge in [-0.25, -0.2) is 0 Å². The summed E-state index contributed by atoms with van der Waals surface area (Å²) in [6.07, 6.45) is 2.68. The van der Waals surface area contributed by atoms with Crippen molar-refractivity contribution in [2.24, 2.45) is 0 Å². The summed E-state index contributed by atoms with van der Waals surface area (Å²) in [6.45, 7) is 0.422. The first-order valence-electron chi connectivity index (χ1n) is 8.30. The summed E-state index contributed by atoms with van der Waals surface area (Å²) in [5, 5.41) is 4.80. The maximum Gasteiger partial charge on any atom is 0.266 e. The minimum Gasteiger partial charge on any atom is -0.495 e. The number of carbonyl (C=O) groups is 2.